The first-order valence-electron chi connectivity index (χ1n) is 6.53. The van der Waals surface area contributed by atoms with E-state index in [4.69, 9.17) is 15.2 Å². The second-order valence-corrected chi connectivity index (χ2v) is 5.75. The van der Waals surface area contributed by atoms with Crippen LogP contribution >= 0.6 is 15.9 Å². The van der Waals surface area contributed by atoms with Crippen LogP contribution in [0.2, 0.25) is 0 Å². The third-order valence-electron chi connectivity index (χ3n) is 3.57. The van der Waals surface area contributed by atoms with Crippen molar-refractivity contribution in [3.63, 3.8) is 0 Å². The van der Waals surface area contributed by atoms with E-state index in [0.717, 1.165) is 40.1 Å². The highest BCUT2D eigenvalue weighted by Gasteiger charge is 2.22. The second-order valence-electron chi connectivity index (χ2n) is 4.84. The minimum absolute atomic E-state index is 0.227. The molecule has 2 aromatic rings. The van der Waals surface area contributed by atoms with Gasteiger partial charge < -0.3 is 15.2 Å². The molecule has 1 aliphatic rings. The molecule has 4 heteroatoms. The number of halogens is 1. The van der Waals surface area contributed by atoms with E-state index < -0.39 is 0 Å². The molecule has 0 radical (unpaired) electrons. The van der Waals surface area contributed by atoms with Crippen molar-refractivity contribution in [3.05, 3.63) is 57.6 Å². The van der Waals surface area contributed by atoms with E-state index in [-0.39, 0.29) is 6.04 Å². The lowest BCUT2D eigenvalue weighted by Gasteiger charge is -2.17. The molecule has 104 valence electrons. The van der Waals surface area contributed by atoms with Crippen molar-refractivity contribution < 1.29 is 9.47 Å². The Hall–Kier alpha value is -1.52. The summed E-state index contributed by atoms with van der Waals surface area (Å²) in [5.41, 5.74) is 9.67. The summed E-state index contributed by atoms with van der Waals surface area (Å²) in [5.74, 6) is 1.74. The third kappa shape index (κ3) is 2.41. The van der Waals surface area contributed by atoms with E-state index >= 15 is 0 Å². The first-order chi connectivity index (χ1) is 9.69. The third-order valence-corrected chi connectivity index (χ3v) is 4.02. The van der Waals surface area contributed by atoms with Gasteiger partial charge in [-0.3, -0.25) is 0 Å². The average Bonchev–Trinajstić information content (AvgIpc) is 2.93. The first kappa shape index (κ1) is 13.5. The van der Waals surface area contributed by atoms with E-state index in [2.05, 4.69) is 22.0 Å². The maximum absolute atomic E-state index is 6.43. The van der Waals surface area contributed by atoms with Gasteiger partial charge in [0.05, 0.1) is 19.8 Å². The maximum Gasteiger partial charge on any atom is 0.127 e. The average molecular weight is 334 g/mol. The lowest BCUT2D eigenvalue weighted by Crippen LogP contribution is -2.13. The number of rotatable bonds is 3. The molecule has 0 aromatic heterocycles. The Balaban J connectivity index is 2.04. The summed E-state index contributed by atoms with van der Waals surface area (Å²) in [7, 11) is 1.66. The summed E-state index contributed by atoms with van der Waals surface area (Å²) >= 11 is 3.55. The Labute approximate surface area is 126 Å². The molecule has 3 rings (SSSR count). The SMILES string of the molecule is COc1cccc(C(N)c2cc(Br)cc3c2OCC3)c1. The maximum atomic E-state index is 6.43. The first-order valence-corrected chi connectivity index (χ1v) is 7.33. The summed E-state index contributed by atoms with van der Waals surface area (Å²) in [5, 5.41) is 0. The number of nitrogens with two attached hydrogens (primary N) is 1. The van der Waals surface area contributed by atoms with Gasteiger partial charge in [-0.25, -0.2) is 0 Å². The van der Waals surface area contributed by atoms with Crippen molar-refractivity contribution in [1.82, 2.24) is 0 Å². The van der Waals surface area contributed by atoms with Gasteiger partial charge >= 0.3 is 0 Å². The van der Waals surface area contributed by atoms with Crippen LogP contribution < -0.4 is 15.2 Å². The molecule has 20 heavy (non-hydrogen) atoms. The number of methoxy groups -OCH3 is 1. The van der Waals surface area contributed by atoms with E-state index in [9.17, 15) is 0 Å². The van der Waals surface area contributed by atoms with Gasteiger partial charge in [-0.2, -0.15) is 0 Å². The lowest BCUT2D eigenvalue weighted by molar-refractivity contribution is 0.352. The summed E-state index contributed by atoms with van der Waals surface area (Å²) in [4.78, 5) is 0. The molecule has 0 amide bonds. The second kappa shape index (κ2) is 5.46. The largest absolute Gasteiger partial charge is 0.497 e. The van der Waals surface area contributed by atoms with Gasteiger partial charge in [0.25, 0.3) is 0 Å². The fraction of sp³-hybridized carbons (Fsp3) is 0.250. The van der Waals surface area contributed by atoms with Crippen molar-refractivity contribution in [2.24, 2.45) is 5.73 Å². The molecule has 1 unspecified atom stereocenters. The van der Waals surface area contributed by atoms with Crippen LogP contribution in [0.25, 0.3) is 0 Å². The summed E-state index contributed by atoms with van der Waals surface area (Å²) in [6.07, 6.45) is 0.937. The van der Waals surface area contributed by atoms with Crippen LogP contribution in [0.15, 0.2) is 40.9 Å². The molecule has 2 N–H and O–H groups in total. The quantitative estimate of drug-likeness (QED) is 0.935. The monoisotopic (exact) mass is 333 g/mol. The molecule has 1 heterocycles. The predicted octanol–water partition coefficient (Wildman–Crippen LogP) is 3.44. The van der Waals surface area contributed by atoms with E-state index in [1.54, 1.807) is 7.11 Å². The van der Waals surface area contributed by atoms with Gasteiger partial charge in [-0.05, 0) is 35.4 Å². The Morgan fingerprint density at radius 3 is 2.95 bits per heavy atom. The highest BCUT2D eigenvalue weighted by atomic mass is 79.9. The van der Waals surface area contributed by atoms with Crippen LogP contribution in [-0.2, 0) is 6.42 Å². The van der Waals surface area contributed by atoms with Gasteiger partial charge in [-0.15, -0.1) is 0 Å². The van der Waals surface area contributed by atoms with Crippen LogP contribution in [0.5, 0.6) is 11.5 Å². The molecule has 3 nitrogen and oxygen atoms in total. The van der Waals surface area contributed by atoms with Crippen LogP contribution in [0.3, 0.4) is 0 Å². The van der Waals surface area contributed by atoms with Crippen molar-refractivity contribution in [2.45, 2.75) is 12.5 Å². The molecule has 0 fully saturated rings. The molecule has 0 spiro atoms. The molecular weight excluding hydrogens is 318 g/mol. The smallest absolute Gasteiger partial charge is 0.127 e. The summed E-state index contributed by atoms with van der Waals surface area (Å²) < 4.78 is 12.1. The van der Waals surface area contributed by atoms with E-state index in [0.29, 0.717) is 0 Å². The Morgan fingerprint density at radius 1 is 1.30 bits per heavy atom. The highest BCUT2D eigenvalue weighted by Crippen LogP contribution is 2.38. The number of benzene rings is 2. The molecule has 0 bridgehead atoms. The molecule has 1 atom stereocenters. The predicted molar refractivity (Wildman–Crippen MR) is 82.4 cm³/mol. The lowest BCUT2D eigenvalue weighted by atomic mass is 9.96. The van der Waals surface area contributed by atoms with Crippen molar-refractivity contribution in [3.8, 4) is 11.5 Å². The van der Waals surface area contributed by atoms with Crippen molar-refractivity contribution in [2.75, 3.05) is 13.7 Å². The number of hydrogen-bond acceptors (Lipinski definition) is 3. The zero-order chi connectivity index (χ0) is 14.1. The number of hydrogen-bond donors (Lipinski definition) is 1. The molecule has 0 saturated heterocycles. The van der Waals surface area contributed by atoms with Gasteiger partial charge in [0.1, 0.15) is 11.5 Å². The van der Waals surface area contributed by atoms with E-state index in [1.165, 1.54) is 5.56 Å². The minimum atomic E-state index is -0.227. The topological polar surface area (TPSA) is 44.5 Å². The van der Waals surface area contributed by atoms with Crippen molar-refractivity contribution in [1.29, 1.82) is 0 Å². The van der Waals surface area contributed by atoms with Gasteiger partial charge in [-0.1, -0.05) is 28.1 Å². The minimum Gasteiger partial charge on any atom is -0.497 e. The highest BCUT2D eigenvalue weighted by molar-refractivity contribution is 9.10. The standard InChI is InChI=1S/C16H16BrNO2/c1-19-13-4-2-3-10(8-13)15(18)14-9-12(17)7-11-5-6-20-16(11)14/h2-4,7-9,15H,5-6,18H2,1H3. The Morgan fingerprint density at radius 2 is 2.15 bits per heavy atom. The number of ether oxygens (including phenoxy) is 2. The van der Waals surface area contributed by atoms with Crippen LogP contribution in [-0.4, -0.2) is 13.7 Å². The van der Waals surface area contributed by atoms with Gasteiger partial charge in [0.15, 0.2) is 0 Å². The van der Waals surface area contributed by atoms with Crippen LogP contribution in [0.4, 0.5) is 0 Å². The summed E-state index contributed by atoms with van der Waals surface area (Å²) in [6, 6.07) is 11.8. The van der Waals surface area contributed by atoms with Gasteiger partial charge in [0.2, 0.25) is 0 Å². The number of fused-ring (bicyclic) bond motifs is 1. The molecular formula is C16H16BrNO2. The fourth-order valence-corrected chi connectivity index (χ4v) is 3.07. The normalized spacial score (nSPS) is 14.6. The molecule has 0 saturated carbocycles. The molecule has 1 aliphatic heterocycles. The van der Waals surface area contributed by atoms with Gasteiger partial charge in [0, 0.05) is 16.5 Å². The molecule has 2 aromatic carbocycles. The van der Waals surface area contributed by atoms with Crippen LogP contribution in [0.1, 0.15) is 22.7 Å². The Bertz CT molecular complexity index is 642. The summed E-state index contributed by atoms with van der Waals surface area (Å²) in [6.45, 7) is 0.726. The zero-order valence-electron chi connectivity index (χ0n) is 11.2. The van der Waals surface area contributed by atoms with E-state index in [1.807, 2.05) is 30.3 Å². The molecule has 0 aliphatic carbocycles. The zero-order valence-corrected chi connectivity index (χ0v) is 12.8. The van der Waals surface area contributed by atoms with Crippen LogP contribution in [0, 0.1) is 0 Å². The Kier molecular flexibility index (Phi) is 3.68. The van der Waals surface area contributed by atoms with Crippen molar-refractivity contribution >= 4 is 15.9 Å². The fourth-order valence-electron chi connectivity index (χ4n) is 2.54.